The van der Waals surface area contributed by atoms with Gasteiger partial charge in [-0.05, 0) is 68.0 Å². The quantitative estimate of drug-likeness (QED) is 0.375. The number of hydroxylamine groups is 1. The maximum absolute atomic E-state index is 13.7. The van der Waals surface area contributed by atoms with Gasteiger partial charge in [0.15, 0.2) is 5.84 Å². The van der Waals surface area contributed by atoms with Gasteiger partial charge in [-0.15, -0.1) is 0 Å². The Morgan fingerprint density at radius 1 is 1.24 bits per heavy atom. The molecule has 1 saturated carbocycles. The molecule has 0 atom stereocenters. The van der Waals surface area contributed by atoms with Crippen LogP contribution in [0.25, 0.3) is 22.3 Å². The third-order valence-corrected chi connectivity index (χ3v) is 7.73. The Labute approximate surface area is 220 Å². The Kier molecular flexibility index (Phi) is 7.40. The monoisotopic (exact) mass is 543 g/mol. The number of sulfonamides is 1. The van der Waals surface area contributed by atoms with Gasteiger partial charge in [-0.25, -0.2) is 18.3 Å². The van der Waals surface area contributed by atoms with Gasteiger partial charge in [0.1, 0.15) is 17.2 Å². The van der Waals surface area contributed by atoms with E-state index in [1.54, 1.807) is 25.1 Å². The molecule has 2 aromatic carbocycles. The van der Waals surface area contributed by atoms with Crippen LogP contribution in [0.5, 0.6) is 0 Å². The van der Waals surface area contributed by atoms with Gasteiger partial charge in [0, 0.05) is 30.0 Å². The summed E-state index contributed by atoms with van der Waals surface area (Å²) in [5.74, 6) is 0.453. The van der Waals surface area contributed by atoms with Crippen LogP contribution in [0, 0.1) is 5.82 Å². The second-order valence-corrected chi connectivity index (χ2v) is 11.3. The number of ether oxygens (including phenoxy) is 1. The van der Waals surface area contributed by atoms with E-state index in [2.05, 4.69) is 10.5 Å². The van der Waals surface area contributed by atoms with Crippen molar-refractivity contribution in [3.63, 3.8) is 0 Å². The summed E-state index contributed by atoms with van der Waals surface area (Å²) in [5.41, 5.74) is 6.09. The lowest BCUT2D eigenvalue weighted by molar-refractivity contribution is -0.143. The number of benzene rings is 2. The highest BCUT2D eigenvalue weighted by Crippen LogP contribution is 2.48. The highest BCUT2D eigenvalue weighted by Gasteiger charge is 2.33. The summed E-state index contributed by atoms with van der Waals surface area (Å²) in [4.78, 5) is 21.9. The number of hydrogen-bond acceptors (Lipinski definition) is 8. The molecule has 0 radical (unpaired) electrons. The maximum Gasteiger partial charge on any atom is 0.305 e. The van der Waals surface area contributed by atoms with E-state index in [0.29, 0.717) is 53.6 Å². The molecule has 0 bridgehead atoms. The van der Waals surface area contributed by atoms with E-state index >= 15 is 0 Å². The number of amidine groups is 1. The first-order chi connectivity index (χ1) is 18.3. The Bertz CT molecular complexity index is 1480. The van der Waals surface area contributed by atoms with Gasteiger partial charge in [0.25, 0.3) is 0 Å². The molecular formula is C27H30FN3O6S. The van der Waals surface area contributed by atoms with Crippen molar-refractivity contribution in [2.45, 2.75) is 38.5 Å². The summed E-state index contributed by atoms with van der Waals surface area (Å²) in [7, 11) is -3.66. The average Bonchev–Trinajstić information content (AvgIpc) is 3.67. The topological polar surface area (TPSA) is 110 Å². The number of nitrogens with zero attached hydrogens (tertiary/aromatic N) is 2. The van der Waals surface area contributed by atoms with Gasteiger partial charge in [-0.2, -0.15) is 0 Å². The number of halogens is 1. The number of esters is 1. The summed E-state index contributed by atoms with van der Waals surface area (Å²) in [6, 6.07) is 9.68. The first-order valence-electron chi connectivity index (χ1n) is 12.7. The molecule has 3 aromatic rings. The minimum atomic E-state index is -3.66. The normalized spacial score (nSPS) is 15.7. The minimum Gasteiger partial charge on any atom is -0.466 e. The van der Waals surface area contributed by atoms with Crippen molar-refractivity contribution in [3.05, 3.63) is 53.3 Å². The molecule has 38 heavy (non-hydrogen) atoms. The summed E-state index contributed by atoms with van der Waals surface area (Å²) in [5, 5.41) is 0.756. The van der Waals surface area contributed by atoms with Crippen LogP contribution in [0.15, 0.2) is 45.8 Å². The molecule has 1 aromatic heterocycles. The zero-order valence-electron chi connectivity index (χ0n) is 21.3. The summed E-state index contributed by atoms with van der Waals surface area (Å²) in [6.45, 7) is 3.03. The van der Waals surface area contributed by atoms with Crippen LogP contribution in [0.1, 0.15) is 49.7 Å². The Balaban J connectivity index is 1.64. The van der Waals surface area contributed by atoms with E-state index in [0.717, 1.165) is 30.0 Å². The lowest BCUT2D eigenvalue weighted by Crippen LogP contribution is -2.32. The van der Waals surface area contributed by atoms with Gasteiger partial charge >= 0.3 is 5.97 Å². The van der Waals surface area contributed by atoms with Gasteiger partial charge in [-0.1, -0.05) is 0 Å². The highest BCUT2D eigenvalue weighted by atomic mass is 32.2. The van der Waals surface area contributed by atoms with Gasteiger partial charge in [0.2, 0.25) is 10.0 Å². The summed E-state index contributed by atoms with van der Waals surface area (Å²) in [6.07, 6.45) is 3.48. The molecule has 1 aliphatic carbocycles. The number of fused-ring (bicyclic) bond motifs is 1. The molecule has 1 fully saturated rings. The van der Waals surface area contributed by atoms with E-state index in [-0.39, 0.29) is 37.3 Å². The van der Waals surface area contributed by atoms with Crippen molar-refractivity contribution >= 4 is 38.5 Å². The molecule has 202 valence electrons. The second-order valence-electron chi connectivity index (χ2n) is 9.42. The Morgan fingerprint density at radius 2 is 2.00 bits per heavy atom. The largest absolute Gasteiger partial charge is 0.466 e. The van der Waals surface area contributed by atoms with E-state index in [1.165, 1.54) is 16.4 Å². The maximum atomic E-state index is 13.7. The number of hydrogen-bond donors (Lipinski definition) is 1. The van der Waals surface area contributed by atoms with Crippen molar-refractivity contribution < 1.29 is 31.6 Å². The number of aliphatic imine (C=N–C) groups is 1. The van der Waals surface area contributed by atoms with Crippen molar-refractivity contribution in [2.75, 3.05) is 36.9 Å². The predicted molar refractivity (Wildman–Crippen MR) is 142 cm³/mol. The van der Waals surface area contributed by atoms with Crippen molar-refractivity contribution in [1.82, 2.24) is 5.48 Å². The molecule has 0 amide bonds. The van der Waals surface area contributed by atoms with Gasteiger partial charge in [0.05, 0.1) is 37.3 Å². The predicted octanol–water partition coefficient (Wildman–Crippen LogP) is 4.51. The fourth-order valence-corrected chi connectivity index (χ4v) is 5.65. The standard InChI is InChI=1S/C27H30FN3O6S/c1-3-35-24(32)5-4-13-31(38(2,33)34)22-16-23-21(15-20(22)17-6-7-17)25(27-29-12-14-36-30-27)26(37-23)18-8-10-19(28)11-9-18/h8-11,15-17H,3-7,12-14H2,1-2H3,(H,29,30). The number of carbonyl (C=O) groups is 1. The fourth-order valence-electron chi connectivity index (χ4n) is 4.68. The highest BCUT2D eigenvalue weighted by molar-refractivity contribution is 7.92. The molecule has 0 unspecified atom stereocenters. The van der Waals surface area contributed by atoms with Crippen LogP contribution in [-0.4, -0.2) is 52.8 Å². The molecule has 2 heterocycles. The van der Waals surface area contributed by atoms with Crippen molar-refractivity contribution in [1.29, 1.82) is 0 Å². The van der Waals surface area contributed by atoms with E-state index in [1.807, 2.05) is 6.07 Å². The lowest BCUT2D eigenvalue weighted by atomic mass is 10.00. The van der Waals surface area contributed by atoms with Crippen LogP contribution in [-0.2, 0) is 24.4 Å². The minimum absolute atomic E-state index is 0.117. The number of furan rings is 1. The molecule has 9 nitrogen and oxygen atoms in total. The van der Waals surface area contributed by atoms with Crippen molar-refractivity contribution in [2.24, 2.45) is 4.99 Å². The van der Waals surface area contributed by atoms with Crippen LogP contribution >= 0.6 is 0 Å². The molecule has 5 rings (SSSR count). The zero-order valence-corrected chi connectivity index (χ0v) is 22.1. The zero-order chi connectivity index (χ0) is 26.9. The van der Waals surface area contributed by atoms with Crippen LogP contribution < -0.4 is 9.79 Å². The number of carbonyl (C=O) groups excluding carboxylic acids is 1. The average molecular weight is 544 g/mol. The first kappa shape index (κ1) is 26.2. The third kappa shape index (κ3) is 5.53. The van der Waals surface area contributed by atoms with E-state index in [9.17, 15) is 17.6 Å². The molecule has 2 aliphatic rings. The molecular weight excluding hydrogens is 513 g/mol. The fraction of sp³-hybridized carbons (Fsp3) is 0.407. The number of nitrogens with one attached hydrogen (secondary N) is 1. The number of anilines is 1. The second kappa shape index (κ2) is 10.7. The number of rotatable bonds is 10. The Morgan fingerprint density at radius 3 is 2.63 bits per heavy atom. The van der Waals surface area contributed by atoms with Gasteiger partial charge in [-0.3, -0.25) is 18.9 Å². The first-order valence-corrected chi connectivity index (χ1v) is 14.5. The molecule has 11 heteroatoms. The SMILES string of the molecule is CCOC(=O)CCCN(c1cc2oc(-c3ccc(F)cc3)c(C3=NCCON3)c2cc1C1CC1)S(C)(=O)=O. The van der Waals surface area contributed by atoms with Crippen LogP contribution in [0.2, 0.25) is 0 Å². The van der Waals surface area contributed by atoms with Crippen molar-refractivity contribution in [3.8, 4) is 11.3 Å². The van der Waals surface area contributed by atoms with Gasteiger partial charge < -0.3 is 9.15 Å². The molecule has 0 spiro atoms. The molecule has 0 saturated heterocycles. The van der Waals surface area contributed by atoms with E-state index in [4.69, 9.17) is 14.0 Å². The molecule has 1 N–H and O–H groups in total. The third-order valence-electron chi connectivity index (χ3n) is 6.55. The smallest absolute Gasteiger partial charge is 0.305 e. The van der Waals surface area contributed by atoms with Crippen LogP contribution in [0.4, 0.5) is 10.1 Å². The summed E-state index contributed by atoms with van der Waals surface area (Å²) < 4.78 is 52.2. The van der Waals surface area contributed by atoms with E-state index < -0.39 is 10.0 Å². The Hall–Kier alpha value is -3.44. The lowest BCUT2D eigenvalue weighted by Gasteiger charge is -2.25. The van der Waals surface area contributed by atoms with Crippen LogP contribution in [0.3, 0.4) is 0 Å². The molecule has 1 aliphatic heterocycles. The summed E-state index contributed by atoms with van der Waals surface area (Å²) >= 11 is 0.